The molecule has 0 saturated carbocycles. The average molecular weight is 476 g/mol. The Hall–Kier alpha value is -3.97. The maximum atomic E-state index is 12.7. The number of benzene rings is 1. The van der Waals surface area contributed by atoms with E-state index in [0.29, 0.717) is 11.3 Å². The van der Waals surface area contributed by atoms with Gasteiger partial charge in [-0.15, -0.1) is 0 Å². The molecule has 13 nitrogen and oxygen atoms in total. The first-order valence-corrected chi connectivity index (χ1v) is 10.4. The molecule has 3 amide bonds. The number of nitrogens with two attached hydrogens (primary N) is 1. The Morgan fingerprint density at radius 1 is 1.00 bits per heavy atom. The highest BCUT2D eigenvalue weighted by Crippen LogP contribution is 2.11. The molecule has 0 bridgehead atoms. The van der Waals surface area contributed by atoms with Crippen LogP contribution in [0.5, 0.6) is 5.75 Å². The number of H-pyrrole nitrogens is 1. The van der Waals surface area contributed by atoms with E-state index in [0.717, 1.165) is 0 Å². The van der Waals surface area contributed by atoms with E-state index < -0.39 is 54.5 Å². The number of nitrogens with one attached hydrogen (secondary N) is 4. The summed E-state index contributed by atoms with van der Waals surface area (Å²) in [6.45, 7) is 0.566. The van der Waals surface area contributed by atoms with Gasteiger partial charge in [0.2, 0.25) is 17.7 Å². The van der Waals surface area contributed by atoms with E-state index in [1.807, 2.05) is 0 Å². The SMILES string of the molecule is CC(NC(=O)C(N)Cc1ccc(O)cc1)C(=O)NC(Cc1cnc[nH]1)C(=O)NC(CO)C(=O)O. The Morgan fingerprint density at radius 2 is 1.65 bits per heavy atom. The van der Waals surface area contributed by atoms with Crippen molar-refractivity contribution in [1.29, 1.82) is 0 Å². The quantitative estimate of drug-likeness (QED) is 0.166. The van der Waals surface area contributed by atoms with Crippen molar-refractivity contribution >= 4 is 23.7 Å². The lowest BCUT2D eigenvalue weighted by Crippen LogP contribution is -2.57. The lowest BCUT2D eigenvalue weighted by Gasteiger charge is -2.23. The first-order chi connectivity index (χ1) is 16.1. The van der Waals surface area contributed by atoms with Crippen LogP contribution in [0.25, 0.3) is 0 Å². The molecule has 1 aromatic heterocycles. The Morgan fingerprint density at radius 3 is 2.21 bits per heavy atom. The van der Waals surface area contributed by atoms with E-state index in [9.17, 15) is 24.3 Å². The molecule has 0 saturated heterocycles. The number of aromatic amines is 1. The number of amides is 3. The molecule has 2 rings (SSSR count). The minimum Gasteiger partial charge on any atom is -0.508 e. The largest absolute Gasteiger partial charge is 0.508 e. The fourth-order valence-corrected chi connectivity index (χ4v) is 2.94. The lowest BCUT2D eigenvalue weighted by atomic mass is 10.1. The fourth-order valence-electron chi connectivity index (χ4n) is 2.94. The van der Waals surface area contributed by atoms with Gasteiger partial charge < -0.3 is 42.0 Å². The molecule has 0 aliphatic heterocycles. The number of aliphatic hydroxyl groups is 1. The van der Waals surface area contributed by atoms with Gasteiger partial charge >= 0.3 is 5.97 Å². The van der Waals surface area contributed by atoms with Gasteiger partial charge in [-0.3, -0.25) is 14.4 Å². The number of phenols is 1. The van der Waals surface area contributed by atoms with Crippen molar-refractivity contribution < 1.29 is 34.5 Å². The summed E-state index contributed by atoms with van der Waals surface area (Å²) >= 11 is 0. The Labute approximate surface area is 194 Å². The first-order valence-electron chi connectivity index (χ1n) is 10.4. The predicted octanol–water partition coefficient (Wildman–Crippen LogP) is -2.22. The number of aliphatic carboxylic acids is 1. The summed E-state index contributed by atoms with van der Waals surface area (Å²) in [5.74, 6) is -3.51. The van der Waals surface area contributed by atoms with Gasteiger partial charge in [0.05, 0.1) is 19.0 Å². The molecule has 4 unspecified atom stereocenters. The molecule has 1 heterocycles. The number of aromatic hydroxyl groups is 1. The lowest BCUT2D eigenvalue weighted by molar-refractivity contribution is -0.143. The van der Waals surface area contributed by atoms with Crippen molar-refractivity contribution in [2.45, 2.75) is 43.9 Å². The van der Waals surface area contributed by atoms with Crippen LogP contribution < -0.4 is 21.7 Å². The number of aliphatic hydroxyl groups excluding tert-OH is 1. The number of phenolic OH excluding ortho intramolecular Hbond substituents is 1. The number of carboxylic acids is 1. The second-order valence-corrected chi connectivity index (χ2v) is 7.63. The molecule has 0 spiro atoms. The highest BCUT2D eigenvalue weighted by molar-refractivity contribution is 5.94. The van der Waals surface area contributed by atoms with Gasteiger partial charge in [-0.1, -0.05) is 12.1 Å². The van der Waals surface area contributed by atoms with Crippen LogP contribution in [-0.4, -0.2) is 79.8 Å². The van der Waals surface area contributed by atoms with Crippen molar-refractivity contribution in [2.75, 3.05) is 6.61 Å². The van der Waals surface area contributed by atoms with Crippen LogP contribution in [0.4, 0.5) is 0 Å². The van der Waals surface area contributed by atoms with Crippen LogP contribution in [0.3, 0.4) is 0 Å². The van der Waals surface area contributed by atoms with Crippen molar-refractivity contribution in [3.05, 3.63) is 48.0 Å². The minimum absolute atomic E-state index is 0.0453. The number of hydrogen-bond donors (Lipinski definition) is 8. The Bertz CT molecular complexity index is 980. The molecule has 9 N–H and O–H groups in total. The van der Waals surface area contributed by atoms with Gasteiger partial charge in [0.15, 0.2) is 0 Å². The zero-order chi connectivity index (χ0) is 25.3. The van der Waals surface area contributed by atoms with Crippen LogP contribution in [0, 0.1) is 0 Å². The van der Waals surface area contributed by atoms with Gasteiger partial charge in [0, 0.05) is 18.3 Å². The van der Waals surface area contributed by atoms with E-state index in [1.165, 1.54) is 31.6 Å². The van der Waals surface area contributed by atoms with Crippen molar-refractivity contribution in [2.24, 2.45) is 5.73 Å². The van der Waals surface area contributed by atoms with Gasteiger partial charge in [-0.25, -0.2) is 9.78 Å². The molecule has 2 aromatic rings. The van der Waals surface area contributed by atoms with E-state index in [2.05, 4.69) is 25.9 Å². The zero-order valence-corrected chi connectivity index (χ0v) is 18.4. The smallest absolute Gasteiger partial charge is 0.328 e. The molecular weight excluding hydrogens is 448 g/mol. The Balaban J connectivity index is 2.00. The molecular formula is C21H28N6O7. The summed E-state index contributed by atoms with van der Waals surface area (Å²) in [6, 6.07) is 1.37. The maximum Gasteiger partial charge on any atom is 0.328 e. The number of carbonyl (C=O) groups is 4. The highest BCUT2D eigenvalue weighted by Gasteiger charge is 2.29. The van der Waals surface area contributed by atoms with Crippen LogP contribution >= 0.6 is 0 Å². The summed E-state index contributed by atoms with van der Waals surface area (Å²) in [5.41, 5.74) is 7.12. The van der Waals surface area contributed by atoms with Crippen molar-refractivity contribution in [3.8, 4) is 5.75 Å². The van der Waals surface area contributed by atoms with Gasteiger partial charge in [-0.2, -0.15) is 0 Å². The predicted molar refractivity (Wildman–Crippen MR) is 118 cm³/mol. The molecule has 0 aliphatic carbocycles. The number of aromatic nitrogens is 2. The number of carbonyl (C=O) groups excluding carboxylic acids is 3. The number of carboxylic acid groups (broad SMARTS) is 1. The van der Waals surface area contributed by atoms with Gasteiger partial charge in [0.1, 0.15) is 23.9 Å². The summed E-state index contributed by atoms with van der Waals surface area (Å²) in [4.78, 5) is 55.4. The molecule has 184 valence electrons. The monoisotopic (exact) mass is 476 g/mol. The van der Waals surface area contributed by atoms with Crippen LogP contribution in [0.15, 0.2) is 36.8 Å². The first kappa shape index (κ1) is 26.3. The van der Waals surface area contributed by atoms with E-state index >= 15 is 0 Å². The number of imidazole rings is 1. The van der Waals surface area contributed by atoms with E-state index in [-0.39, 0.29) is 18.6 Å². The summed E-state index contributed by atoms with van der Waals surface area (Å²) in [7, 11) is 0. The van der Waals surface area contributed by atoms with Crippen LogP contribution in [-0.2, 0) is 32.0 Å². The second-order valence-electron chi connectivity index (χ2n) is 7.63. The molecule has 13 heteroatoms. The standard InChI is InChI=1S/C21H28N6O7/c1-11(25-19(31)15(22)6-12-2-4-14(29)5-3-12)18(30)26-16(7-13-8-23-10-24-13)20(32)27-17(9-28)21(33)34/h2-5,8,10-11,15-17,28-29H,6-7,9,22H2,1H3,(H,23,24)(H,25,31)(H,26,30)(H,27,32)(H,33,34). The number of hydrogen-bond acceptors (Lipinski definition) is 8. The summed E-state index contributed by atoms with van der Waals surface area (Å²) in [6.07, 6.45) is 2.93. The fraction of sp³-hybridized carbons (Fsp3) is 0.381. The second kappa shape index (κ2) is 12.3. The molecule has 34 heavy (non-hydrogen) atoms. The van der Waals surface area contributed by atoms with Crippen molar-refractivity contribution in [3.63, 3.8) is 0 Å². The highest BCUT2D eigenvalue weighted by atomic mass is 16.4. The number of rotatable bonds is 12. The zero-order valence-electron chi connectivity index (χ0n) is 18.4. The molecule has 0 fully saturated rings. The molecule has 4 atom stereocenters. The summed E-state index contributed by atoms with van der Waals surface area (Å²) < 4.78 is 0. The van der Waals surface area contributed by atoms with Gasteiger partial charge in [-0.05, 0) is 31.0 Å². The third-order valence-electron chi connectivity index (χ3n) is 4.89. The van der Waals surface area contributed by atoms with Crippen LogP contribution in [0.2, 0.25) is 0 Å². The average Bonchev–Trinajstić information content (AvgIpc) is 3.31. The number of nitrogens with zero attached hydrogens (tertiary/aromatic N) is 1. The molecule has 1 aromatic carbocycles. The topological polar surface area (TPSA) is 220 Å². The summed E-state index contributed by atoms with van der Waals surface area (Å²) in [5, 5.41) is 34.6. The Kier molecular flexibility index (Phi) is 9.52. The van der Waals surface area contributed by atoms with E-state index in [4.69, 9.17) is 15.9 Å². The molecule has 0 aliphatic rings. The van der Waals surface area contributed by atoms with Crippen LogP contribution in [0.1, 0.15) is 18.2 Å². The molecule has 0 radical (unpaired) electrons. The minimum atomic E-state index is -1.55. The third-order valence-corrected chi connectivity index (χ3v) is 4.89. The van der Waals surface area contributed by atoms with E-state index in [1.54, 1.807) is 12.1 Å². The normalized spacial score (nSPS) is 14.3. The maximum absolute atomic E-state index is 12.7. The third kappa shape index (κ3) is 7.86. The van der Waals surface area contributed by atoms with Crippen molar-refractivity contribution in [1.82, 2.24) is 25.9 Å². The van der Waals surface area contributed by atoms with Gasteiger partial charge in [0.25, 0.3) is 0 Å².